The molecule has 1 aromatic heterocycles. The molecule has 2 aromatic carbocycles. The number of ether oxygens (including phenoxy) is 3. The molecule has 3 aromatic rings. The van der Waals surface area contributed by atoms with E-state index < -0.39 is 16.0 Å². The maximum Gasteiger partial charge on any atom is 0.143 e. The summed E-state index contributed by atoms with van der Waals surface area (Å²) in [7, 11) is 0. The number of hydrogen-bond donors (Lipinski definition) is 4. The molecule has 1 aliphatic carbocycles. The number of alkyl halides is 1. The second-order valence-electron chi connectivity index (χ2n) is 13.5. The number of allylic oxidation sites excluding steroid dienone is 2. The van der Waals surface area contributed by atoms with Crippen molar-refractivity contribution >= 4 is 28.8 Å². The van der Waals surface area contributed by atoms with E-state index in [1.165, 1.54) is 6.20 Å². The number of aliphatic hydroxyl groups is 3. The molecule has 0 saturated carbocycles. The van der Waals surface area contributed by atoms with Gasteiger partial charge in [0.15, 0.2) is 0 Å². The van der Waals surface area contributed by atoms with Crippen LogP contribution < -0.4 is 14.8 Å². The van der Waals surface area contributed by atoms with Gasteiger partial charge in [0.25, 0.3) is 0 Å². The lowest BCUT2D eigenvalue weighted by atomic mass is 9.76. The van der Waals surface area contributed by atoms with Crippen molar-refractivity contribution in [2.45, 2.75) is 62.0 Å². The van der Waals surface area contributed by atoms with Gasteiger partial charge in [-0.1, -0.05) is 54.1 Å². The SMILES string of the molecule is CC(CO)(CO)NCc1cc(Cl)c(OCC2(OCCCN3CCC(O)C3)C=CC=C(c3ccccc3)[C@@]2(C)Cl)cc1OCc1cncc(C#N)c1. The van der Waals surface area contributed by atoms with Gasteiger partial charge in [0.2, 0.25) is 0 Å². The first kappa shape index (κ1) is 38.7. The molecule has 2 aliphatic rings. The number of likely N-dealkylation sites (tertiary alicyclic amines) is 1. The monoisotopic (exact) mass is 736 g/mol. The summed E-state index contributed by atoms with van der Waals surface area (Å²) in [4.78, 5) is 5.32. The normalized spacial score (nSPS) is 22.1. The van der Waals surface area contributed by atoms with Crippen LogP contribution in [-0.4, -0.2) is 93.4 Å². The van der Waals surface area contributed by atoms with Crippen LogP contribution in [0, 0.1) is 11.3 Å². The van der Waals surface area contributed by atoms with Crippen molar-refractivity contribution < 1.29 is 29.5 Å². The zero-order valence-electron chi connectivity index (χ0n) is 29.0. The molecular weight excluding hydrogens is 691 g/mol. The smallest absolute Gasteiger partial charge is 0.143 e. The zero-order chi connectivity index (χ0) is 36.5. The van der Waals surface area contributed by atoms with Crippen molar-refractivity contribution in [2.24, 2.45) is 0 Å². The Hall–Kier alpha value is -3.50. The predicted molar refractivity (Wildman–Crippen MR) is 198 cm³/mol. The quantitative estimate of drug-likeness (QED) is 0.107. The van der Waals surface area contributed by atoms with E-state index >= 15 is 0 Å². The Morgan fingerprint density at radius 2 is 1.90 bits per heavy atom. The van der Waals surface area contributed by atoms with E-state index in [4.69, 9.17) is 37.4 Å². The Kier molecular flexibility index (Phi) is 13.2. The van der Waals surface area contributed by atoms with E-state index in [9.17, 15) is 20.6 Å². The van der Waals surface area contributed by atoms with E-state index in [-0.39, 0.29) is 39.1 Å². The van der Waals surface area contributed by atoms with E-state index in [0.29, 0.717) is 46.4 Å². The fourth-order valence-corrected chi connectivity index (χ4v) is 6.78. The molecule has 0 spiro atoms. The molecule has 10 nitrogen and oxygen atoms in total. The first-order valence-corrected chi connectivity index (χ1v) is 17.8. The van der Waals surface area contributed by atoms with Gasteiger partial charge in [-0.05, 0) is 56.0 Å². The largest absolute Gasteiger partial charge is 0.488 e. The van der Waals surface area contributed by atoms with Crippen LogP contribution in [0.15, 0.2) is 79.2 Å². The van der Waals surface area contributed by atoms with Crippen molar-refractivity contribution in [3.05, 3.63) is 106 Å². The minimum Gasteiger partial charge on any atom is -0.488 e. The Bertz CT molecular complexity index is 1730. The van der Waals surface area contributed by atoms with Gasteiger partial charge < -0.3 is 39.7 Å². The fourth-order valence-electron chi connectivity index (χ4n) is 6.20. The molecule has 1 saturated heterocycles. The maximum atomic E-state index is 9.97. The molecule has 3 atom stereocenters. The molecule has 5 rings (SSSR count). The number of aliphatic hydroxyl groups excluding tert-OH is 3. The number of nitrogens with zero attached hydrogens (tertiary/aromatic N) is 3. The standard InChI is InChI=1S/C39H46Cl2N4O6/c1-37(25-46,26-47)44-22-31-17-34(40)36(18-35(31)49-24-29-16-28(19-42)20-43-21-29)50-27-39(51-15-7-13-45-14-11-32(48)23-45)12-6-10-33(38(39,2)41)30-8-4-3-5-9-30/h3-6,8-10,12,16-18,20-21,32,44,46-48H,7,11,13-15,22-27H2,1-2H3/t32?,38-,39?/m1/s1. The maximum absolute atomic E-state index is 9.97. The number of nitrogens with one attached hydrogen (secondary N) is 1. The van der Waals surface area contributed by atoms with Crippen LogP contribution in [0.3, 0.4) is 0 Å². The highest BCUT2D eigenvalue weighted by atomic mass is 35.5. The summed E-state index contributed by atoms with van der Waals surface area (Å²) < 4.78 is 19.5. The van der Waals surface area contributed by atoms with E-state index in [1.807, 2.05) is 55.5 Å². The van der Waals surface area contributed by atoms with Crippen molar-refractivity contribution in [1.82, 2.24) is 15.2 Å². The predicted octanol–water partition coefficient (Wildman–Crippen LogP) is 5.26. The highest BCUT2D eigenvalue weighted by Crippen LogP contribution is 2.47. The second-order valence-corrected chi connectivity index (χ2v) is 14.7. The molecule has 0 amide bonds. The summed E-state index contributed by atoms with van der Waals surface area (Å²) in [5, 5.41) is 42.5. The summed E-state index contributed by atoms with van der Waals surface area (Å²) >= 11 is 14.4. The van der Waals surface area contributed by atoms with Crippen LogP contribution in [0.2, 0.25) is 5.02 Å². The van der Waals surface area contributed by atoms with Gasteiger partial charge in [-0.25, -0.2) is 0 Å². The lowest BCUT2D eigenvalue weighted by Gasteiger charge is -2.45. The van der Waals surface area contributed by atoms with Crippen molar-refractivity contribution in [3.63, 3.8) is 0 Å². The summed E-state index contributed by atoms with van der Waals surface area (Å²) in [6.45, 7) is 6.15. The average molecular weight is 738 g/mol. The molecule has 1 fully saturated rings. The molecule has 0 bridgehead atoms. The second kappa shape index (κ2) is 17.3. The number of halogens is 2. The van der Waals surface area contributed by atoms with Crippen molar-refractivity contribution in [3.8, 4) is 17.6 Å². The molecule has 4 N–H and O–H groups in total. The Labute approximate surface area is 309 Å². The third-order valence-corrected chi connectivity index (χ3v) is 10.3. The molecular formula is C39H46Cl2N4O6. The average Bonchev–Trinajstić information content (AvgIpc) is 3.57. The number of pyridine rings is 1. The van der Waals surface area contributed by atoms with E-state index in [2.05, 4.69) is 21.3 Å². The number of rotatable bonds is 17. The third kappa shape index (κ3) is 9.49. The first-order chi connectivity index (χ1) is 24.5. The summed E-state index contributed by atoms with van der Waals surface area (Å²) in [6.07, 6.45) is 10.2. The third-order valence-electron chi connectivity index (χ3n) is 9.52. The molecule has 272 valence electrons. The zero-order valence-corrected chi connectivity index (χ0v) is 30.5. The molecule has 51 heavy (non-hydrogen) atoms. The minimum absolute atomic E-state index is 0.0219. The molecule has 12 heteroatoms. The highest BCUT2D eigenvalue weighted by Gasteiger charge is 2.51. The Morgan fingerprint density at radius 3 is 2.61 bits per heavy atom. The van der Waals surface area contributed by atoms with E-state index in [1.54, 1.807) is 31.3 Å². The Balaban J connectivity index is 1.41. The molecule has 1 aliphatic heterocycles. The minimum atomic E-state index is -1.10. The highest BCUT2D eigenvalue weighted by molar-refractivity contribution is 6.32. The van der Waals surface area contributed by atoms with Crippen LogP contribution in [0.5, 0.6) is 11.5 Å². The summed E-state index contributed by atoms with van der Waals surface area (Å²) in [5.74, 6) is 0.792. The lowest BCUT2D eigenvalue weighted by molar-refractivity contribution is -0.0540. The van der Waals surface area contributed by atoms with Crippen molar-refractivity contribution in [2.75, 3.05) is 46.1 Å². The van der Waals surface area contributed by atoms with Gasteiger partial charge in [-0.3, -0.25) is 4.98 Å². The molecule has 0 radical (unpaired) electrons. The number of nitriles is 1. The van der Waals surface area contributed by atoms with Gasteiger partial charge in [0.1, 0.15) is 41.3 Å². The molecule has 2 unspecified atom stereocenters. The van der Waals surface area contributed by atoms with Crippen molar-refractivity contribution in [1.29, 1.82) is 5.26 Å². The van der Waals surface area contributed by atoms with Crippen LogP contribution in [0.4, 0.5) is 0 Å². The van der Waals surface area contributed by atoms with Gasteiger partial charge in [-0.2, -0.15) is 5.26 Å². The van der Waals surface area contributed by atoms with Gasteiger partial charge >= 0.3 is 0 Å². The van der Waals surface area contributed by atoms with Gasteiger partial charge in [-0.15, -0.1) is 11.6 Å². The number of β-amino-alcohol motifs (C(OH)–C–C–N with tert-alkyl or cyclic N) is 1. The van der Waals surface area contributed by atoms with E-state index in [0.717, 1.165) is 37.1 Å². The number of benzene rings is 2. The summed E-state index contributed by atoms with van der Waals surface area (Å²) in [6, 6.07) is 17.2. The van der Waals surface area contributed by atoms with Crippen LogP contribution in [-0.2, 0) is 17.9 Å². The first-order valence-electron chi connectivity index (χ1n) is 17.1. The molecule has 2 heterocycles. The van der Waals surface area contributed by atoms with Crippen LogP contribution in [0.1, 0.15) is 48.9 Å². The van der Waals surface area contributed by atoms with Gasteiger partial charge in [0.05, 0.1) is 35.4 Å². The summed E-state index contributed by atoms with van der Waals surface area (Å²) in [5.41, 5.74) is 1.59. The van der Waals surface area contributed by atoms with Crippen LogP contribution in [0.25, 0.3) is 5.57 Å². The number of hydrogen-bond acceptors (Lipinski definition) is 10. The van der Waals surface area contributed by atoms with Crippen LogP contribution >= 0.6 is 23.2 Å². The topological polar surface area (TPSA) is 140 Å². The Morgan fingerprint density at radius 1 is 1.12 bits per heavy atom. The number of aromatic nitrogens is 1. The van der Waals surface area contributed by atoms with Gasteiger partial charge in [0, 0.05) is 62.4 Å². The lowest BCUT2D eigenvalue weighted by Crippen LogP contribution is -2.55. The fraction of sp³-hybridized carbons (Fsp3) is 0.436.